The Bertz CT molecular complexity index is 1020. The first kappa shape index (κ1) is 19.3. The highest BCUT2D eigenvalue weighted by atomic mass is 16.5. The topological polar surface area (TPSA) is 108 Å². The van der Waals surface area contributed by atoms with Crippen LogP contribution in [-0.4, -0.2) is 63.7 Å². The molecule has 0 aliphatic carbocycles. The largest absolute Gasteiger partial charge is 0.376 e. The standard InChI is InChI=1S/C20H23N5O4/c1-24-18(26)9-8-16(23-24)20(28)25(11-13-5-4-10-29-13)12-17-21-15-7-3-2-6-14(15)19(27)22-17/h2-3,6-7,13H,4-5,8-12H2,1H3,(H,21,22,27)/t13-/m0/s1. The van der Waals surface area contributed by atoms with E-state index >= 15 is 0 Å². The molecule has 0 radical (unpaired) electrons. The van der Waals surface area contributed by atoms with Crippen molar-refractivity contribution in [3.8, 4) is 0 Å². The number of aromatic nitrogens is 2. The molecule has 9 heteroatoms. The molecule has 1 atom stereocenters. The minimum Gasteiger partial charge on any atom is -0.376 e. The van der Waals surface area contributed by atoms with Gasteiger partial charge in [0, 0.05) is 33.0 Å². The second-order valence-corrected chi connectivity index (χ2v) is 7.31. The van der Waals surface area contributed by atoms with Crippen LogP contribution in [0.4, 0.5) is 0 Å². The number of ether oxygens (including phenoxy) is 1. The fourth-order valence-electron chi connectivity index (χ4n) is 3.65. The number of amides is 2. The van der Waals surface area contributed by atoms with Gasteiger partial charge in [-0.15, -0.1) is 0 Å². The van der Waals surface area contributed by atoms with Crippen LogP contribution in [0.15, 0.2) is 34.2 Å². The molecule has 152 valence electrons. The number of hydrazone groups is 1. The van der Waals surface area contributed by atoms with Crippen molar-refractivity contribution in [1.82, 2.24) is 19.9 Å². The number of carbonyl (C=O) groups excluding carboxylic acids is 2. The van der Waals surface area contributed by atoms with Crippen molar-refractivity contribution in [3.63, 3.8) is 0 Å². The van der Waals surface area contributed by atoms with E-state index in [1.807, 2.05) is 6.07 Å². The van der Waals surface area contributed by atoms with E-state index in [-0.39, 0.29) is 36.4 Å². The number of hydrogen-bond acceptors (Lipinski definition) is 6. The lowest BCUT2D eigenvalue weighted by Gasteiger charge is -2.27. The van der Waals surface area contributed by atoms with Crippen molar-refractivity contribution < 1.29 is 14.3 Å². The molecule has 29 heavy (non-hydrogen) atoms. The molecule has 1 saturated heterocycles. The molecular formula is C20H23N5O4. The zero-order valence-corrected chi connectivity index (χ0v) is 16.3. The molecular weight excluding hydrogens is 374 g/mol. The Balaban J connectivity index is 1.62. The predicted molar refractivity (Wildman–Crippen MR) is 106 cm³/mol. The number of para-hydroxylation sites is 1. The Kier molecular flexibility index (Phi) is 5.39. The average molecular weight is 397 g/mol. The van der Waals surface area contributed by atoms with Crippen LogP contribution in [0.5, 0.6) is 0 Å². The minimum atomic E-state index is -0.268. The van der Waals surface area contributed by atoms with Gasteiger partial charge in [-0.25, -0.2) is 9.99 Å². The van der Waals surface area contributed by atoms with E-state index in [1.54, 1.807) is 30.1 Å². The van der Waals surface area contributed by atoms with E-state index < -0.39 is 0 Å². The molecule has 1 N–H and O–H groups in total. The van der Waals surface area contributed by atoms with Gasteiger partial charge in [0.2, 0.25) is 5.91 Å². The summed E-state index contributed by atoms with van der Waals surface area (Å²) in [5, 5.41) is 5.85. The Morgan fingerprint density at radius 2 is 2.14 bits per heavy atom. The molecule has 4 rings (SSSR count). The lowest BCUT2D eigenvalue weighted by molar-refractivity contribution is -0.131. The van der Waals surface area contributed by atoms with Crippen LogP contribution >= 0.6 is 0 Å². The first-order valence-electron chi connectivity index (χ1n) is 9.74. The SMILES string of the molecule is CN1N=C(C(=O)N(Cc2nc3ccccc3c(=O)[nH]2)C[C@@H]2CCCO2)CCC1=O. The molecule has 3 heterocycles. The number of nitrogens with one attached hydrogen (secondary N) is 1. The molecule has 9 nitrogen and oxygen atoms in total. The fourth-order valence-corrected chi connectivity index (χ4v) is 3.65. The van der Waals surface area contributed by atoms with Crippen LogP contribution in [0.1, 0.15) is 31.5 Å². The molecule has 2 amide bonds. The number of benzene rings is 1. The van der Waals surface area contributed by atoms with Crippen LogP contribution < -0.4 is 5.56 Å². The fraction of sp³-hybridized carbons (Fsp3) is 0.450. The number of rotatable bonds is 5. The first-order valence-corrected chi connectivity index (χ1v) is 9.74. The Morgan fingerprint density at radius 1 is 1.31 bits per heavy atom. The summed E-state index contributed by atoms with van der Waals surface area (Å²) in [5.74, 6) is 0.0179. The molecule has 2 aliphatic heterocycles. The van der Waals surface area contributed by atoms with Crippen molar-refractivity contribution in [1.29, 1.82) is 0 Å². The first-order chi connectivity index (χ1) is 14.0. The highest BCUT2D eigenvalue weighted by molar-refractivity contribution is 6.39. The third kappa shape index (κ3) is 4.19. The summed E-state index contributed by atoms with van der Waals surface area (Å²) in [6.45, 7) is 1.19. The van der Waals surface area contributed by atoms with Crippen LogP contribution in [-0.2, 0) is 20.9 Å². The highest BCUT2D eigenvalue weighted by Gasteiger charge is 2.29. The van der Waals surface area contributed by atoms with Gasteiger partial charge in [0.05, 0.1) is 23.6 Å². The van der Waals surface area contributed by atoms with Gasteiger partial charge in [0.25, 0.3) is 11.5 Å². The zero-order chi connectivity index (χ0) is 20.4. The molecule has 2 aliphatic rings. The summed E-state index contributed by atoms with van der Waals surface area (Å²) in [7, 11) is 1.54. The number of carbonyl (C=O) groups is 2. The second kappa shape index (κ2) is 8.12. The van der Waals surface area contributed by atoms with Crippen molar-refractivity contribution in [3.05, 3.63) is 40.4 Å². The number of nitrogens with zero attached hydrogens (tertiary/aromatic N) is 4. The minimum absolute atomic E-state index is 0.0605. The molecule has 1 aromatic carbocycles. The quantitative estimate of drug-likeness (QED) is 0.811. The van der Waals surface area contributed by atoms with Crippen molar-refractivity contribution in [2.24, 2.45) is 5.10 Å². The predicted octanol–water partition coefficient (Wildman–Crippen LogP) is 1.04. The molecule has 1 fully saturated rings. The van der Waals surface area contributed by atoms with Crippen LogP contribution in [0.25, 0.3) is 10.9 Å². The lowest BCUT2D eigenvalue weighted by atomic mass is 10.1. The Labute approximate surface area is 167 Å². The molecule has 0 unspecified atom stereocenters. The zero-order valence-electron chi connectivity index (χ0n) is 16.3. The summed E-state index contributed by atoms with van der Waals surface area (Å²) in [6.07, 6.45) is 2.31. The maximum atomic E-state index is 13.2. The van der Waals surface area contributed by atoms with Gasteiger partial charge in [-0.2, -0.15) is 5.10 Å². The van der Waals surface area contributed by atoms with Gasteiger partial charge in [0.15, 0.2) is 0 Å². The molecule has 0 spiro atoms. The van der Waals surface area contributed by atoms with Crippen LogP contribution in [0.3, 0.4) is 0 Å². The van der Waals surface area contributed by atoms with Gasteiger partial charge < -0.3 is 14.6 Å². The maximum absolute atomic E-state index is 13.2. The van der Waals surface area contributed by atoms with Crippen molar-refractivity contribution >= 4 is 28.4 Å². The van der Waals surface area contributed by atoms with E-state index in [2.05, 4.69) is 15.1 Å². The lowest BCUT2D eigenvalue weighted by Crippen LogP contribution is -2.43. The highest BCUT2D eigenvalue weighted by Crippen LogP contribution is 2.17. The number of H-pyrrole nitrogens is 1. The molecule has 0 saturated carbocycles. The van der Waals surface area contributed by atoms with Crippen molar-refractivity contribution in [2.75, 3.05) is 20.2 Å². The summed E-state index contributed by atoms with van der Waals surface area (Å²) >= 11 is 0. The Morgan fingerprint density at radius 3 is 2.90 bits per heavy atom. The normalized spacial score (nSPS) is 19.5. The van der Waals surface area contributed by atoms with E-state index in [0.717, 1.165) is 12.8 Å². The molecule has 2 aromatic rings. The Hall–Kier alpha value is -3.07. The van der Waals surface area contributed by atoms with E-state index in [4.69, 9.17) is 4.74 Å². The third-order valence-corrected chi connectivity index (χ3v) is 5.19. The summed E-state index contributed by atoms with van der Waals surface area (Å²) < 4.78 is 5.70. The van der Waals surface area contributed by atoms with Gasteiger partial charge >= 0.3 is 0 Å². The number of fused-ring (bicyclic) bond motifs is 1. The van der Waals surface area contributed by atoms with Gasteiger partial charge in [0.1, 0.15) is 11.5 Å². The van der Waals surface area contributed by atoms with Gasteiger partial charge in [-0.1, -0.05) is 12.1 Å². The maximum Gasteiger partial charge on any atom is 0.270 e. The van der Waals surface area contributed by atoms with E-state index in [0.29, 0.717) is 42.0 Å². The monoisotopic (exact) mass is 397 g/mol. The molecule has 0 bridgehead atoms. The van der Waals surface area contributed by atoms with E-state index in [9.17, 15) is 14.4 Å². The summed E-state index contributed by atoms with van der Waals surface area (Å²) in [5.41, 5.74) is 0.666. The number of aromatic amines is 1. The van der Waals surface area contributed by atoms with Crippen molar-refractivity contribution in [2.45, 2.75) is 38.3 Å². The molecule has 1 aromatic heterocycles. The number of hydrogen-bond donors (Lipinski definition) is 1. The van der Waals surface area contributed by atoms with Crippen LogP contribution in [0, 0.1) is 0 Å². The van der Waals surface area contributed by atoms with Gasteiger partial charge in [-0.05, 0) is 25.0 Å². The summed E-state index contributed by atoms with van der Waals surface area (Å²) in [4.78, 5) is 46.1. The van der Waals surface area contributed by atoms with Gasteiger partial charge in [-0.3, -0.25) is 14.4 Å². The van der Waals surface area contributed by atoms with E-state index in [1.165, 1.54) is 5.01 Å². The average Bonchev–Trinajstić information content (AvgIpc) is 3.22. The second-order valence-electron chi connectivity index (χ2n) is 7.31. The third-order valence-electron chi connectivity index (χ3n) is 5.19. The summed E-state index contributed by atoms with van der Waals surface area (Å²) in [6, 6.07) is 7.08. The smallest absolute Gasteiger partial charge is 0.270 e. The van der Waals surface area contributed by atoms with Crippen LogP contribution in [0.2, 0.25) is 0 Å².